The molecule has 0 atom stereocenters. The van der Waals surface area contributed by atoms with Crippen molar-refractivity contribution in [1.29, 1.82) is 0 Å². The van der Waals surface area contributed by atoms with Gasteiger partial charge in [0.05, 0.1) is 12.7 Å². The van der Waals surface area contributed by atoms with Gasteiger partial charge in [0.15, 0.2) is 0 Å². The summed E-state index contributed by atoms with van der Waals surface area (Å²) in [6.45, 7) is 0.738. The highest BCUT2D eigenvalue weighted by Gasteiger charge is 2.45. The summed E-state index contributed by atoms with van der Waals surface area (Å²) in [5.41, 5.74) is 1.90. The lowest BCUT2D eigenvalue weighted by Gasteiger charge is -2.03. The van der Waals surface area contributed by atoms with Crippen LogP contribution in [0.15, 0.2) is 47.7 Å². The van der Waals surface area contributed by atoms with Crippen LogP contribution in [0.2, 0.25) is 0 Å². The Labute approximate surface area is 105 Å². The van der Waals surface area contributed by atoms with E-state index in [0.29, 0.717) is 0 Å². The lowest BCUT2D eigenvalue weighted by atomic mass is 10.1. The summed E-state index contributed by atoms with van der Waals surface area (Å²) in [7, 11) is 0. The Morgan fingerprint density at radius 1 is 1.33 bits per heavy atom. The van der Waals surface area contributed by atoms with E-state index in [9.17, 15) is 4.79 Å². The molecular formula is C14H13N3O. The number of isocyanates is 1. The third-order valence-electron chi connectivity index (χ3n) is 3.34. The molecule has 0 spiro atoms. The molecule has 1 aromatic carbocycles. The highest BCUT2D eigenvalue weighted by atomic mass is 16.1. The van der Waals surface area contributed by atoms with Gasteiger partial charge in [0.25, 0.3) is 0 Å². The summed E-state index contributed by atoms with van der Waals surface area (Å²) >= 11 is 0. The molecule has 1 saturated carbocycles. The van der Waals surface area contributed by atoms with Crippen LogP contribution in [0, 0.1) is 0 Å². The molecule has 1 aliphatic rings. The third-order valence-corrected chi connectivity index (χ3v) is 3.34. The lowest BCUT2D eigenvalue weighted by Crippen LogP contribution is -2.02. The molecular weight excluding hydrogens is 226 g/mol. The second kappa shape index (κ2) is 4.24. The van der Waals surface area contributed by atoms with Gasteiger partial charge < -0.3 is 0 Å². The Balaban J connectivity index is 1.80. The van der Waals surface area contributed by atoms with E-state index in [1.165, 1.54) is 5.56 Å². The van der Waals surface area contributed by atoms with Gasteiger partial charge in [-0.15, -0.1) is 0 Å². The van der Waals surface area contributed by atoms with Crippen LogP contribution in [0.25, 0.3) is 0 Å². The number of rotatable bonds is 4. The molecule has 4 nitrogen and oxygen atoms in total. The van der Waals surface area contributed by atoms with E-state index >= 15 is 0 Å². The quantitative estimate of drug-likeness (QED) is 0.607. The van der Waals surface area contributed by atoms with Gasteiger partial charge in [-0.05, 0) is 18.4 Å². The van der Waals surface area contributed by atoms with E-state index in [4.69, 9.17) is 0 Å². The van der Waals surface area contributed by atoms with Gasteiger partial charge >= 0.3 is 0 Å². The van der Waals surface area contributed by atoms with E-state index in [0.717, 1.165) is 24.9 Å². The highest BCUT2D eigenvalue weighted by molar-refractivity contribution is 5.40. The maximum atomic E-state index is 10.4. The summed E-state index contributed by atoms with van der Waals surface area (Å²) in [5.74, 6) is 0. The minimum Gasteiger partial charge on any atom is -0.268 e. The zero-order valence-electron chi connectivity index (χ0n) is 9.91. The van der Waals surface area contributed by atoms with Crippen LogP contribution in [0.5, 0.6) is 0 Å². The van der Waals surface area contributed by atoms with Crippen molar-refractivity contribution in [2.45, 2.75) is 24.9 Å². The Morgan fingerprint density at radius 3 is 2.78 bits per heavy atom. The van der Waals surface area contributed by atoms with E-state index in [-0.39, 0.29) is 5.54 Å². The Morgan fingerprint density at radius 2 is 2.11 bits per heavy atom. The Hall–Kier alpha value is -2.19. The summed E-state index contributed by atoms with van der Waals surface area (Å²) in [4.78, 5) is 14.3. The Kier molecular flexibility index (Phi) is 2.58. The van der Waals surface area contributed by atoms with Gasteiger partial charge in [-0.1, -0.05) is 30.3 Å². The summed E-state index contributed by atoms with van der Waals surface area (Å²) < 4.78 is 1.88. The monoisotopic (exact) mass is 239 g/mol. The van der Waals surface area contributed by atoms with E-state index in [1.807, 2.05) is 29.1 Å². The molecule has 0 bridgehead atoms. The third kappa shape index (κ3) is 1.98. The molecule has 0 aliphatic heterocycles. The molecule has 1 fully saturated rings. The maximum Gasteiger partial charge on any atom is 0.235 e. The van der Waals surface area contributed by atoms with E-state index < -0.39 is 0 Å². The molecule has 2 aromatic rings. The summed E-state index contributed by atoms with van der Waals surface area (Å²) in [6.07, 6.45) is 7.27. The molecule has 1 aromatic heterocycles. The molecule has 0 unspecified atom stereocenters. The first-order valence-electron chi connectivity index (χ1n) is 5.98. The first-order chi connectivity index (χ1) is 8.82. The van der Waals surface area contributed by atoms with Crippen molar-refractivity contribution >= 4 is 6.08 Å². The van der Waals surface area contributed by atoms with Gasteiger partial charge in [0, 0.05) is 11.8 Å². The zero-order valence-corrected chi connectivity index (χ0v) is 9.91. The zero-order chi connectivity index (χ0) is 12.4. The molecule has 90 valence electrons. The van der Waals surface area contributed by atoms with Crippen LogP contribution in [0.4, 0.5) is 0 Å². The molecule has 0 N–H and O–H groups in total. The topological polar surface area (TPSA) is 47.2 Å². The number of benzene rings is 1. The van der Waals surface area contributed by atoms with Crippen molar-refractivity contribution < 1.29 is 4.79 Å². The van der Waals surface area contributed by atoms with Crippen LogP contribution in [0.3, 0.4) is 0 Å². The van der Waals surface area contributed by atoms with Crippen molar-refractivity contribution in [2.24, 2.45) is 4.99 Å². The number of hydrogen-bond donors (Lipinski definition) is 0. The van der Waals surface area contributed by atoms with Gasteiger partial charge in [0.1, 0.15) is 5.54 Å². The fraction of sp³-hybridized carbons (Fsp3) is 0.286. The van der Waals surface area contributed by atoms with E-state index in [2.05, 4.69) is 22.2 Å². The van der Waals surface area contributed by atoms with Crippen molar-refractivity contribution in [3.63, 3.8) is 0 Å². The molecule has 0 saturated heterocycles. The van der Waals surface area contributed by atoms with Crippen molar-refractivity contribution in [2.75, 3.05) is 0 Å². The first-order valence-corrected chi connectivity index (χ1v) is 5.98. The standard InChI is InChI=1S/C14H13N3O/c18-11-15-14(6-7-14)13-8-16-17(10-13)9-12-4-2-1-3-5-12/h1-5,8,10H,6-7,9H2. The number of aliphatic imine (C=N–C) groups is 1. The van der Waals surface area contributed by atoms with Crippen molar-refractivity contribution in [1.82, 2.24) is 9.78 Å². The van der Waals surface area contributed by atoms with Gasteiger partial charge in [-0.25, -0.2) is 4.79 Å². The van der Waals surface area contributed by atoms with Gasteiger partial charge in [0.2, 0.25) is 6.08 Å². The van der Waals surface area contributed by atoms with Crippen LogP contribution < -0.4 is 0 Å². The fourth-order valence-corrected chi connectivity index (χ4v) is 2.13. The minimum atomic E-state index is -0.323. The number of carbonyl (C=O) groups excluding carboxylic acids is 1. The predicted molar refractivity (Wildman–Crippen MR) is 66.8 cm³/mol. The maximum absolute atomic E-state index is 10.4. The molecule has 1 heterocycles. The first kappa shape index (κ1) is 10.9. The average Bonchev–Trinajstić information content (AvgIpc) is 3.02. The number of nitrogens with zero attached hydrogens (tertiary/aromatic N) is 3. The van der Waals surface area contributed by atoms with Crippen molar-refractivity contribution in [3.8, 4) is 0 Å². The largest absolute Gasteiger partial charge is 0.268 e. The smallest absolute Gasteiger partial charge is 0.235 e. The molecule has 0 amide bonds. The summed E-state index contributed by atoms with van der Waals surface area (Å²) in [5, 5.41) is 4.33. The van der Waals surface area contributed by atoms with Crippen LogP contribution in [0.1, 0.15) is 24.0 Å². The lowest BCUT2D eigenvalue weighted by molar-refractivity contribution is 0.556. The summed E-state index contributed by atoms with van der Waals surface area (Å²) in [6, 6.07) is 10.2. The van der Waals surface area contributed by atoms with E-state index in [1.54, 1.807) is 12.3 Å². The van der Waals surface area contributed by atoms with Gasteiger partial charge in [-0.3, -0.25) is 4.68 Å². The highest BCUT2D eigenvalue weighted by Crippen LogP contribution is 2.48. The number of hydrogen-bond acceptors (Lipinski definition) is 3. The second-order valence-corrected chi connectivity index (χ2v) is 4.65. The molecule has 0 radical (unpaired) electrons. The predicted octanol–water partition coefficient (Wildman–Crippen LogP) is 2.26. The van der Waals surface area contributed by atoms with Crippen LogP contribution >= 0.6 is 0 Å². The molecule has 3 rings (SSSR count). The number of aromatic nitrogens is 2. The van der Waals surface area contributed by atoms with Crippen LogP contribution in [-0.2, 0) is 16.9 Å². The minimum absolute atomic E-state index is 0.323. The van der Waals surface area contributed by atoms with Crippen molar-refractivity contribution in [3.05, 3.63) is 53.9 Å². The van der Waals surface area contributed by atoms with Gasteiger partial charge in [-0.2, -0.15) is 10.1 Å². The SMILES string of the molecule is O=C=NC1(c2cnn(Cc3ccccc3)c2)CC1. The molecule has 4 heteroatoms. The molecule has 18 heavy (non-hydrogen) atoms. The average molecular weight is 239 g/mol. The normalized spacial score (nSPS) is 16.0. The van der Waals surface area contributed by atoms with Crippen LogP contribution in [-0.4, -0.2) is 15.9 Å². The molecule has 1 aliphatic carbocycles. The fourth-order valence-electron chi connectivity index (χ4n) is 2.13. The Bertz CT molecular complexity index is 593. The second-order valence-electron chi connectivity index (χ2n) is 4.65.